The molecule has 3 nitrogen and oxygen atoms in total. The summed E-state index contributed by atoms with van der Waals surface area (Å²) in [6.45, 7) is 2.39. The summed E-state index contributed by atoms with van der Waals surface area (Å²) >= 11 is 0. The standard InChI is InChI=1S/C11H12N2O/c1-2-3-8-13-10-6-4-9(5-7-10)11(12)14/h4-7,13H,8H2,1H3,(H2,12,14). The molecular formula is C11H12N2O. The van der Waals surface area contributed by atoms with E-state index in [1.807, 2.05) is 0 Å². The minimum Gasteiger partial charge on any atom is -0.374 e. The summed E-state index contributed by atoms with van der Waals surface area (Å²) in [4.78, 5) is 10.8. The average Bonchev–Trinajstić information content (AvgIpc) is 2.19. The maximum Gasteiger partial charge on any atom is 0.248 e. The van der Waals surface area contributed by atoms with E-state index in [4.69, 9.17) is 5.73 Å². The summed E-state index contributed by atoms with van der Waals surface area (Å²) in [5.41, 5.74) is 6.54. The van der Waals surface area contributed by atoms with Gasteiger partial charge in [0.25, 0.3) is 0 Å². The summed E-state index contributed by atoms with van der Waals surface area (Å²) in [7, 11) is 0. The second kappa shape index (κ2) is 4.93. The Hall–Kier alpha value is -1.95. The van der Waals surface area contributed by atoms with Crippen LogP contribution in [0.15, 0.2) is 24.3 Å². The Morgan fingerprint density at radius 3 is 2.57 bits per heavy atom. The molecule has 0 aliphatic rings. The smallest absolute Gasteiger partial charge is 0.248 e. The molecule has 0 aromatic heterocycles. The summed E-state index contributed by atoms with van der Waals surface area (Å²) in [6.07, 6.45) is 0. The molecule has 0 saturated heterocycles. The summed E-state index contributed by atoms with van der Waals surface area (Å²) in [5.74, 6) is 5.25. The average molecular weight is 188 g/mol. The van der Waals surface area contributed by atoms with Gasteiger partial charge < -0.3 is 11.1 Å². The monoisotopic (exact) mass is 188 g/mol. The largest absolute Gasteiger partial charge is 0.374 e. The highest BCUT2D eigenvalue weighted by molar-refractivity contribution is 5.93. The number of hydrogen-bond acceptors (Lipinski definition) is 2. The number of amides is 1. The molecule has 72 valence electrons. The van der Waals surface area contributed by atoms with Crippen LogP contribution in [0.4, 0.5) is 5.69 Å². The third-order valence-corrected chi connectivity index (χ3v) is 1.73. The van der Waals surface area contributed by atoms with Crippen molar-refractivity contribution in [1.82, 2.24) is 0 Å². The third kappa shape index (κ3) is 2.83. The maximum atomic E-state index is 10.8. The van der Waals surface area contributed by atoms with Gasteiger partial charge in [0.05, 0.1) is 6.54 Å². The molecular weight excluding hydrogens is 176 g/mol. The first-order chi connectivity index (χ1) is 6.74. The highest BCUT2D eigenvalue weighted by Gasteiger charge is 1.98. The summed E-state index contributed by atoms with van der Waals surface area (Å²) in [6, 6.07) is 6.98. The first-order valence-corrected chi connectivity index (χ1v) is 4.27. The summed E-state index contributed by atoms with van der Waals surface area (Å²) < 4.78 is 0. The van der Waals surface area contributed by atoms with Crippen LogP contribution in [0, 0.1) is 11.8 Å². The Kier molecular flexibility index (Phi) is 3.57. The van der Waals surface area contributed by atoms with Gasteiger partial charge >= 0.3 is 0 Å². The van der Waals surface area contributed by atoms with Crippen molar-refractivity contribution in [3.05, 3.63) is 29.8 Å². The van der Waals surface area contributed by atoms with Crippen LogP contribution in [0.5, 0.6) is 0 Å². The molecule has 1 rings (SSSR count). The minimum absolute atomic E-state index is 0.412. The van der Waals surface area contributed by atoms with Gasteiger partial charge in [-0.15, -0.1) is 5.92 Å². The number of carbonyl (C=O) groups is 1. The molecule has 0 aliphatic carbocycles. The lowest BCUT2D eigenvalue weighted by Gasteiger charge is -2.02. The van der Waals surface area contributed by atoms with Gasteiger partial charge in [0.2, 0.25) is 5.91 Å². The van der Waals surface area contributed by atoms with E-state index in [9.17, 15) is 4.79 Å². The van der Waals surface area contributed by atoms with Crippen molar-refractivity contribution < 1.29 is 4.79 Å². The van der Waals surface area contributed by atoms with Crippen molar-refractivity contribution in [2.24, 2.45) is 5.73 Å². The molecule has 0 aliphatic heterocycles. The fourth-order valence-corrected chi connectivity index (χ4v) is 0.987. The first-order valence-electron chi connectivity index (χ1n) is 4.27. The predicted octanol–water partition coefficient (Wildman–Crippen LogP) is 1.22. The van der Waals surface area contributed by atoms with Crippen LogP contribution < -0.4 is 11.1 Å². The molecule has 3 heteroatoms. The number of benzene rings is 1. The highest BCUT2D eigenvalue weighted by Crippen LogP contribution is 2.08. The van der Waals surface area contributed by atoms with Crippen LogP contribution in [0.3, 0.4) is 0 Å². The van der Waals surface area contributed by atoms with E-state index in [1.165, 1.54) is 0 Å². The Bertz CT molecular complexity index is 371. The summed E-state index contributed by atoms with van der Waals surface area (Å²) in [5, 5.41) is 3.09. The number of carbonyl (C=O) groups excluding carboxylic acids is 1. The van der Waals surface area contributed by atoms with Gasteiger partial charge in [0, 0.05) is 11.3 Å². The Balaban J connectivity index is 2.62. The fraction of sp³-hybridized carbons (Fsp3) is 0.182. The van der Waals surface area contributed by atoms with Gasteiger partial charge in [-0.2, -0.15) is 0 Å². The second-order valence-electron chi connectivity index (χ2n) is 2.72. The topological polar surface area (TPSA) is 55.1 Å². The molecule has 0 heterocycles. The fourth-order valence-electron chi connectivity index (χ4n) is 0.987. The second-order valence-corrected chi connectivity index (χ2v) is 2.72. The molecule has 1 aromatic carbocycles. The van der Waals surface area contributed by atoms with Gasteiger partial charge in [0.15, 0.2) is 0 Å². The van der Waals surface area contributed by atoms with E-state index in [1.54, 1.807) is 31.2 Å². The van der Waals surface area contributed by atoms with Crippen LogP contribution in [-0.2, 0) is 0 Å². The minimum atomic E-state index is -0.412. The van der Waals surface area contributed by atoms with E-state index in [0.29, 0.717) is 12.1 Å². The zero-order chi connectivity index (χ0) is 10.4. The zero-order valence-corrected chi connectivity index (χ0v) is 8.00. The van der Waals surface area contributed by atoms with Crippen LogP contribution in [0.1, 0.15) is 17.3 Å². The van der Waals surface area contributed by atoms with E-state index in [0.717, 1.165) is 5.69 Å². The molecule has 1 amide bonds. The molecule has 14 heavy (non-hydrogen) atoms. The Morgan fingerprint density at radius 1 is 1.43 bits per heavy atom. The van der Waals surface area contributed by atoms with Crippen LogP contribution in [0.2, 0.25) is 0 Å². The Labute approximate surface area is 83.3 Å². The van der Waals surface area contributed by atoms with E-state index in [-0.39, 0.29) is 0 Å². The molecule has 3 N–H and O–H groups in total. The van der Waals surface area contributed by atoms with Crippen LogP contribution in [-0.4, -0.2) is 12.5 Å². The zero-order valence-electron chi connectivity index (χ0n) is 8.00. The Morgan fingerprint density at radius 2 is 2.07 bits per heavy atom. The predicted molar refractivity (Wildman–Crippen MR) is 56.9 cm³/mol. The lowest BCUT2D eigenvalue weighted by molar-refractivity contribution is 0.100. The molecule has 0 saturated carbocycles. The van der Waals surface area contributed by atoms with E-state index >= 15 is 0 Å². The number of anilines is 1. The molecule has 0 atom stereocenters. The van der Waals surface area contributed by atoms with Crippen LogP contribution >= 0.6 is 0 Å². The third-order valence-electron chi connectivity index (χ3n) is 1.73. The molecule has 0 radical (unpaired) electrons. The van der Waals surface area contributed by atoms with E-state index in [2.05, 4.69) is 17.2 Å². The van der Waals surface area contributed by atoms with Crippen molar-refractivity contribution >= 4 is 11.6 Å². The number of primary amides is 1. The molecule has 0 fully saturated rings. The lowest BCUT2D eigenvalue weighted by atomic mass is 10.2. The molecule has 0 spiro atoms. The molecule has 0 unspecified atom stereocenters. The quantitative estimate of drug-likeness (QED) is 0.701. The molecule has 0 bridgehead atoms. The van der Waals surface area contributed by atoms with Crippen molar-refractivity contribution in [3.8, 4) is 11.8 Å². The number of nitrogens with one attached hydrogen (secondary N) is 1. The van der Waals surface area contributed by atoms with Gasteiger partial charge in [-0.1, -0.05) is 5.92 Å². The number of nitrogens with two attached hydrogens (primary N) is 1. The first kappa shape index (κ1) is 10.1. The van der Waals surface area contributed by atoms with Crippen molar-refractivity contribution in [2.75, 3.05) is 11.9 Å². The van der Waals surface area contributed by atoms with Gasteiger partial charge in [-0.05, 0) is 31.2 Å². The molecule has 1 aromatic rings. The lowest BCUT2D eigenvalue weighted by Crippen LogP contribution is -2.10. The van der Waals surface area contributed by atoms with Gasteiger partial charge in [-0.3, -0.25) is 4.79 Å². The number of rotatable bonds is 3. The van der Waals surface area contributed by atoms with Gasteiger partial charge in [-0.25, -0.2) is 0 Å². The van der Waals surface area contributed by atoms with Crippen LogP contribution in [0.25, 0.3) is 0 Å². The normalized spacial score (nSPS) is 8.64. The van der Waals surface area contributed by atoms with Crippen molar-refractivity contribution in [2.45, 2.75) is 6.92 Å². The van der Waals surface area contributed by atoms with Crippen molar-refractivity contribution in [1.29, 1.82) is 0 Å². The number of hydrogen-bond donors (Lipinski definition) is 2. The van der Waals surface area contributed by atoms with Crippen molar-refractivity contribution in [3.63, 3.8) is 0 Å². The van der Waals surface area contributed by atoms with Gasteiger partial charge in [0.1, 0.15) is 0 Å². The highest BCUT2D eigenvalue weighted by atomic mass is 16.1. The van der Waals surface area contributed by atoms with E-state index < -0.39 is 5.91 Å². The maximum absolute atomic E-state index is 10.8. The SMILES string of the molecule is CC#CCNc1ccc(C(N)=O)cc1.